The Balaban J connectivity index is 3.91. The van der Waals surface area contributed by atoms with Gasteiger partial charge in [0.2, 0.25) is 0 Å². The Hall–Kier alpha value is -0.480. The Labute approximate surface area is 69.0 Å². The first-order valence-electron chi connectivity index (χ1n) is 2.60. The summed E-state index contributed by atoms with van der Waals surface area (Å²) in [6.07, 6.45) is 3.27. The summed E-state index contributed by atoms with van der Waals surface area (Å²) in [6.45, 7) is 0. The molecule has 0 atom stereocenters. The van der Waals surface area contributed by atoms with E-state index in [0.29, 0.717) is 10.9 Å². The molecule has 0 aliphatic heterocycles. The predicted octanol–water partition coefficient (Wildman–Crippen LogP) is 0.693. The van der Waals surface area contributed by atoms with Crippen molar-refractivity contribution in [3.63, 3.8) is 0 Å². The maximum atomic E-state index is 5.37. The first kappa shape index (κ1) is 9.52. The van der Waals surface area contributed by atoms with Crippen LogP contribution in [0.3, 0.4) is 0 Å². The second-order valence-electron chi connectivity index (χ2n) is 1.52. The summed E-state index contributed by atoms with van der Waals surface area (Å²) in [5.41, 5.74) is 10.7. The average Bonchev–Trinajstić information content (AvgIpc) is 1.99. The standard InChI is InChI=1S/C5H10ClN3S/c1-9-4(7)2-3-5(8)10-6/h2-3,9H,7-8H2,1H3/b4-2+,5-3+. The highest BCUT2D eigenvalue weighted by molar-refractivity contribution is 8.24. The molecule has 5 N–H and O–H groups in total. The molecule has 0 bridgehead atoms. The van der Waals surface area contributed by atoms with Gasteiger partial charge in [-0.2, -0.15) is 0 Å². The molecular formula is C5H10ClN3S. The van der Waals surface area contributed by atoms with Crippen LogP contribution < -0.4 is 16.8 Å². The van der Waals surface area contributed by atoms with E-state index >= 15 is 0 Å². The molecule has 0 aromatic heterocycles. The lowest BCUT2D eigenvalue weighted by Gasteiger charge is -1.95. The zero-order valence-corrected chi connectivity index (χ0v) is 7.17. The van der Waals surface area contributed by atoms with Crippen LogP contribution in [0.1, 0.15) is 0 Å². The molecule has 0 fully saturated rings. The van der Waals surface area contributed by atoms with Gasteiger partial charge in [0, 0.05) is 7.05 Å². The largest absolute Gasteiger partial charge is 0.393 e. The fraction of sp³-hybridized carbons (Fsp3) is 0.200. The molecule has 0 spiro atoms. The van der Waals surface area contributed by atoms with Crippen molar-refractivity contribution in [2.24, 2.45) is 11.5 Å². The van der Waals surface area contributed by atoms with E-state index in [0.717, 1.165) is 11.0 Å². The first-order chi connectivity index (χ1) is 4.70. The van der Waals surface area contributed by atoms with Gasteiger partial charge in [0.25, 0.3) is 0 Å². The number of allylic oxidation sites excluding steroid dienone is 2. The Kier molecular flexibility index (Phi) is 5.06. The van der Waals surface area contributed by atoms with Crippen LogP contribution in [-0.2, 0) is 0 Å². The summed E-state index contributed by atoms with van der Waals surface area (Å²) in [5.74, 6) is 0.550. The summed E-state index contributed by atoms with van der Waals surface area (Å²) in [7, 11) is 8.00. The highest BCUT2D eigenvalue weighted by atomic mass is 35.7. The number of nitrogens with one attached hydrogen (secondary N) is 1. The fourth-order valence-corrected chi connectivity index (χ4v) is 0.555. The zero-order chi connectivity index (χ0) is 7.98. The molecular weight excluding hydrogens is 170 g/mol. The van der Waals surface area contributed by atoms with Crippen molar-refractivity contribution < 1.29 is 0 Å². The van der Waals surface area contributed by atoms with Crippen LogP contribution in [0.2, 0.25) is 0 Å². The zero-order valence-electron chi connectivity index (χ0n) is 5.60. The van der Waals surface area contributed by atoms with Crippen LogP contribution in [0.4, 0.5) is 0 Å². The molecule has 0 aliphatic rings. The molecule has 58 valence electrons. The Bertz CT molecular complexity index is 137. The lowest BCUT2D eigenvalue weighted by molar-refractivity contribution is 0.965. The molecule has 0 aromatic carbocycles. The first-order valence-corrected chi connectivity index (χ1v) is 4.24. The smallest absolute Gasteiger partial charge is 0.0958 e. The lowest BCUT2D eigenvalue weighted by Crippen LogP contribution is -2.13. The van der Waals surface area contributed by atoms with E-state index in [-0.39, 0.29) is 0 Å². The summed E-state index contributed by atoms with van der Waals surface area (Å²) >= 11 is 0. The van der Waals surface area contributed by atoms with E-state index in [4.69, 9.17) is 22.1 Å². The monoisotopic (exact) mass is 179 g/mol. The summed E-state index contributed by atoms with van der Waals surface area (Å²) in [4.78, 5) is 0. The molecule has 0 aromatic rings. The van der Waals surface area contributed by atoms with E-state index in [9.17, 15) is 0 Å². The van der Waals surface area contributed by atoms with E-state index < -0.39 is 0 Å². The predicted molar refractivity (Wildman–Crippen MR) is 47.0 cm³/mol. The molecule has 0 heterocycles. The van der Waals surface area contributed by atoms with Crippen LogP contribution in [0.25, 0.3) is 0 Å². The number of hydrogen-bond acceptors (Lipinski definition) is 4. The minimum Gasteiger partial charge on any atom is -0.393 e. The van der Waals surface area contributed by atoms with E-state index in [1.165, 1.54) is 0 Å². The number of rotatable bonds is 3. The topological polar surface area (TPSA) is 64.1 Å². The molecule has 0 rings (SSSR count). The van der Waals surface area contributed by atoms with Gasteiger partial charge in [0.1, 0.15) is 0 Å². The van der Waals surface area contributed by atoms with Gasteiger partial charge in [-0.3, -0.25) is 0 Å². The van der Waals surface area contributed by atoms with Gasteiger partial charge in [-0.05, 0) is 33.8 Å². The molecule has 0 aliphatic carbocycles. The summed E-state index contributed by atoms with van der Waals surface area (Å²) in [6, 6.07) is 0. The van der Waals surface area contributed by atoms with E-state index in [1.54, 1.807) is 19.2 Å². The lowest BCUT2D eigenvalue weighted by atomic mass is 10.5. The number of hydrogen-bond donors (Lipinski definition) is 3. The van der Waals surface area contributed by atoms with Crippen LogP contribution in [0.15, 0.2) is 23.0 Å². The van der Waals surface area contributed by atoms with Crippen molar-refractivity contribution in [3.05, 3.63) is 23.0 Å². The molecule has 5 heteroatoms. The van der Waals surface area contributed by atoms with Crippen molar-refractivity contribution in [2.45, 2.75) is 0 Å². The maximum Gasteiger partial charge on any atom is 0.0958 e. The van der Waals surface area contributed by atoms with Crippen LogP contribution >= 0.6 is 21.7 Å². The molecule has 0 saturated carbocycles. The quantitative estimate of drug-likeness (QED) is 0.558. The van der Waals surface area contributed by atoms with Crippen LogP contribution in [-0.4, -0.2) is 7.05 Å². The normalized spacial score (nSPS) is 13.4. The molecule has 0 amide bonds. The average molecular weight is 180 g/mol. The van der Waals surface area contributed by atoms with Gasteiger partial charge < -0.3 is 16.8 Å². The maximum absolute atomic E-state index is 5.37. The van der Waals surface area contributed by atoms with Crippen molar-refractivity contribution >= 4 is 21.7 Å². The third kappa shape index (κ3) is 4.40. The molecule has 0 unspecified atom stereocenters. The second kappa shape index (κ2) is 5.32. The molecule has 0 saturated heterocycles. The molecule has 10 heavy (non-hydrogen) atoms. The van der Waals surface area contributed by atoms with Crippen molar-refractivity contribution in [1.29, 1.82) is 0 Å². The van der Waals surface area contributed by atoms with Gasteiger partial charge in [0.05, 0.1) is 10.9 Å². The van der Waals surface area contributed by atoms with Gasteiger partial charge in [-0.15, -0.1) is 0 Å². The number of nitrogens with two attached hydrogens (primary N) is 2. The minimum absolute atomic E-state index is 0.514. The summed E-state index contributed by atoms with van der Waals surface area (Å²) < 4.78 is 0. The van der Waals surface area contributed by atoms with Gasteiger partial charge in [-0.1, -0.05) is 0 Å². The molecule has 3 nitrogen and oxygen atoms in total. The van der Waals surface area contributed by atoms with Crippen LogP contribution in [0.5, 0.6) is 0 Å². The third-order valence-corrected chi connectivity index (χ3v) is 1.65. The van der Waals surface area contributed by atoms with Crippen LogP contribution in [0, 0.1) is 0 Å². The minimum atomic E-state index is 0.514. The highest BCUT2D eigenvalue weighted by Crippen LogP contribution is 2.13. The van der Waals surface area contributed by atoms with Crippen molar-refractivity contribution in [2.75, 3.05) is 7.05 Å². The van der Waals surface area contributed by atoms with E-state index in [1.807, 2.05) is 0 Å². The Morgan fingerprint density at radius 1 is 1.50 bits per heavy atom. The highest BCUT2D eigenvalue weighted by Gasteiger charge is 1.83. The second-order valence-corrected chi connectivity index (χ2v) is 2.61. The fourth-order valence-electron chi connectivity index (χ4n) is 0.281. The van der Waals surface area contributed by atoms with Gasteiger partial charge in [-0.25, -0.2) is 0 Å². The molecule has 0 radical (unpaired) electrons. The summed E-state index contributed by atoms with van der Waals surface area (Å²) in [5, 5.41) is 3.24. The van der Waals surface area contributed by atoms with Crippen molar-refractivity contribution in [3.8, 4) is 0 Å². The van der Waals surface area contributed by atoms with E-state index in [2.05, 4.69) is 5.32 Å². The Morgan fingerprint density at radius 2 is 2.10 bits per heavy atom. The SMILES string of the molecule is CN/C(N)=C/C=C(\N)SCl. The van der Waals surface area contributed by atoms with Gasteiger partial charge in [0.15, 0.2) is 0 Å². The number of halogens is 1. The van der Waals surface area contributed by atoms with Crippen molar-refractivity contribution in [1.82, 2.24) is 5.32 Å². The third-order valence-electron chi connectivity index (χ3n) is 0.805. The Morgan fingerprint density at radius 3 is 2.50 bits per heavy atom. The van der Waals surface area contributed by atoms with Gasteiger partial charge >= 0.3 is 0 Å².